The van der Waals surface area contributed by atoms with E-state index in [1.807, 2.05) is 0 Å². The topological polar surface area (TPSA) is 62.2 Å². The number of carbonyl (C=O) groups is 1. The standard InChI is InChI=1S/C13H8BrF3N2O2/c1-5-2-6(14)4-18-12(5)19-11-7(13(20)21)3-8(15)9(16)10(11)17/h2-4H,1H3,(H,18,19)(H,20,21). The second-order valence-electron chi connectivity index (χ2n) is 4.16. The van der Waals surface area contributed by atoms with Crippen LogP contribution in [0.5, 0.6) is 0 Å². The van der Waals surface area contributed by atoms with E-state index in [1.165, 1.54) is 6.20 Å². The zero-order valence-electron chi connectivity index (χ0n) is 10.5. The lowest BCUT2D eigenvalue weighted by Gasteiger charge is -2.13. The lowest BCUT2D eigenvalue weighted by molar-refractivity contribution is 0.0696. The molecule has 0 saturated carbocycles. The normalized spacial score (nSPS) is 10.5. The van der Waals surface area contributed by atoms with Crippen molar-refractivity contribution in [3.63, 3.8) is 0 Å². The molecule has 1 aromatic carbocycles. The van der Waals surface area contributed by atoms with Gasteiger partial charge in [0.25, 0.3) is 0 Å². The number of rotatable bonds is 3. The molecule has 0 aliphatic rings. The van der Waals surface area contributed by atoms with Gasteiger partial charge >= 0.3 is 5.97 Å². The molecule has 0 atom stereocenters. The molecule has 0 fully saturated rings. The average Bonchev–Trinajstić information content (AvgIpc) is 2.41. The molecule has 1 aromatic heterocycles. The number of aromatic carboxylic acids is 1. The smallest absolute Gasteiger partial charge is 0.338 e. The van der Waals surface area contributed by atoms with Crippen LogP contribution in [-0.4, -0.2) is 16.1 Å². The van der Waals surface area contributed by atoms with Crippen LogP contribution >= 0.6 is 15.9 Å². The van der Waals surface area contributed by atoms with Gasteiger partial charge in [0.05, 0.1) is 11.3 Å². The highest BCUT2D eigenvalue weighted by Crippen LogP contribution is 2.29. The molecule has 0 aliphatic heterocycles. The van der Waals surface area contributed by atoms with E-state index in [4.69, 9.17) is 5.11 Å². The lowest BCUT2D eigenvalue weighted by atomic mass is 10.1. The third-order valence-corrected chi connectivity index (χ3v) is 3.11. The molecule has 0 saturated heterocycles. The first kappa shape index (κ1) is 15.3. The van der Waals surface area contributed by atoms with Gasteiger partial charge in [-0.1, -0.05) is 0 Å². The Hall–Kier alpha value is -2.09. The zero-order chi connectivity index (χ0) is 15.7. The minimum atomic E-state index is -1.75. The molecule has 2 rings (SSSR count). The van der Waals surface area contributed by atoms with Gasteiger partial charge in [-0.25, -0.2) is 22.9 Å². The van der Waals surface area contributed by atoms with Crippen LogP contribution < -0.4 is 5.32 Å². The molecule has 0 bridgehead atoms. The van der Waals surface area contributed by atoms with Crippen molar-refractivity contribution in [1.82, 2.24) is 4.98 Å². The minimum Gasteiger partial charge on any atom is -0.478 e. The molecule has 21 heavy (non-hydrogen) atoms. The number of carboxylic acid groups (broad SMARTS) is 1. The van der Waals surface area contributed by atoms with Crippen molar-refractivity contribution in [2.75, 3.05) is 5.32 Å². The summed E-state index contributed by atoms with van der Waals surface area (Å²) in [7, 11) is 0. The molecule has 4 nitrogen and oxygen atoms in total. The van der Waals surface area contributed by atoms with Crippen LogP contribution in [0.25, 0.3) is 0 Å². The van der Waals surface area contributed by atoms with Crippen LogP contribution in [0.4, 0.5) is 24.7 Å². The molecule has 110 valence electrons. The van der Waals surface area contributed by atoms with E-state index in [2.05, 4.69) is 26.2 Å². The lowest BCUT2D eigenvalue weighted by Crippen LogP contribution is -2.10. The molecular weight excluding hydrogens is 353 g/mol. The fourth-order valence-corrected chi connectivity index (χ4v) is 2.12. The highest BCUT2D eigenvalue weighted by atomic mass is 79.9. The van der Waals surface area contributed by atoms with Gasteiger partial charge in [-0.3, -0.25) is 0 Å². The number of nitrogens with zero attached hydrogens (tertiary/aromatic N) is 1. The third kappa shape index (κ3) is 2.99. The molecule has 8 heteroatoms. The Morgan fingerprint density at radius 3 is 2.52 bits per heavy atom. The second-order valence-corrected chi connectivity index (χ2v) is 5.07. The van der Waals surface area contributed by atoms with Crippen LogP contribution in [0.3, 0.4) is 0 Å². The van der Waals surface area contributed by atoms with Gasteiger partial charge in [0.2, 0.25) is 0 Å². The van der Waals surface area contributed by atoms with Gasteiger partial charge in [0.15, 0.2) is 17.5 Å². The maximum atomic E-state index is 13.8. The number of nitrogens with one attached hydrogen (secondary N) is 1. The summed E-state index contributed by atoms with van der Waals surface area (Å²) < 4.78 is 40.9. The quantitative estimate of drug-likeness (QED) is 0.811. The number of aryl methyl sites for hydroxylation is 1. The number of pyridine rings is 1. The Morgan fingerprint density at radius 2 is 1.95 bits per heavy atom. The van der Waals surface area contributed by atoms with Crippen molar-refractivity contribution in [1.29, 1.82) is 0 Å². The number of hydrogen-bond acceptors (Lipinski definition) is 3. The summed E-state index contributed by atoms with van der Waals surface area (Å²) in [6.07, 6.45) is 1.40. The summed E-state index contributed by atoms with van der Waals surface area (Å²) in [6.45, 7) is 1.64. The first-order chi connectivity index (χ1) is 9.81. The first-order valence-electron chi connectivity index (χ1n) is 5.61. The maximum Gasteiger partial charge on any atom is 0.338 e. The van der Waals surface area contributed by atoms with Crippen LogP contribution in [0.2, 0.25) is 0 Å². The van der Waals surface area contributed by atoms with Crippen molar-refractivity contribution in [2.45, 2.75) is 6.92 Å². The van der Waals surface area contributed by atoms with Crippen LogP contribution in [0.1, 0.15) is 15.9 Å². The van der Waals surface area contributed by atoms with E-state index in [-0.39, 0.29) is 5.82 Å². The fraction of sp³-hybridized carbons (Fsp3) is 0.0769. The van der Waals surface area contributed by atoms with Crippen molar-refractivity contribution >= 4 is 33.4 Å². The van der Waals surface area contributed by atoms with Gasteiger partial charge in [0, 0.05) is 10.7 Å². The fourth-order valence-electron chi connectivity index (χ4n) is 1.68. The van der Waals surface area contributed by atoms with E-state index in [9.17, 15) is 18.0 Å². The largest absolute Gasteiger partial charge is 0.478 e. The van der Waals surface area contributed by atoms with Gasteiger partial charge in [-0.2, -0.15) is 0 Å². The van der Waals surface area contributed by atoms with Crippen LogP contribution in [-0.2, 0) is 0 Å². The molecule has 2 aromatic rings. The van der Waals surface area contributed by atoms with E-state index in [0.29, 0.717) is 16.1 Å². The van der Waals surface area contributed by atoms with Crippen LogP contribution in [0.15, 0.2) is 22.8 Å². The van der Waals surface area contributed by atoms with Crippen molar-refractivity contribution < 1.29 is 23.1 Å². The van der Waals surface area contributed by atoms with Gasteiger partial charge < -0.3 is 10.4 Å². The van der Waals surface area contributed by atoms with Crippen LogP contribution in [0, 0.1) is 24.4 Å². The Labute approximate surface area is 125 Å². The zero-order valence-corrected chi connectivity index (χ0v) is 12.1. The molecule has 0 amide bonds. The number of benzene rings is 1. The highest BCUT2D eigenvalue weighted by Gasteiger charge is 2.23. The summed E-state index contributed by atoms with van der Waals surface area (Å²) >= 11 is 3.19. The maximum absolute atomic E-state index is 13.8. The predicted molar refractivity (Wildman–Crippen MR) is 73.2 cm³/mol. The van der Waals surface area contributed by atoms with E-state index >= 15 is 0 Å². The average molecular weight is 361 g/mol. The molecule has 0 radical (unpaired) electrons. The molecule has 0 unspecified atom stereocenters. The number of anilines is 2. The van der Waals surface area contributed by atoms with E-state index in [0.717, 1.165) is 0 Å². The van der Waals surface area contributed by atoms with Crippen molar-refractivity contribution in [2.24, 2.45) is 0 Å². The number of carboxylic acids is 1. The molecule has 1 heterocycles. The van der Waals surface area contributed by atoms with Gasteiger partial charge in [-0.15, -0.1) is 0 Å². The Morgan fingerprint density at radius 1 is 1.29 bits per heavy atom. The number of hydrogen-bond donors (Lipinski definition) is 2. The first-order valence-corrected chi connectivity index (χ1v) is 6.40. The SMILES string of the molecule is Cc1cc(Br)cnc1Nc1c(C(=O)O)cc(F)c(F)c1F. The predicted octanol–water partition coefficient (Wildman–Crippen LogP) is 4.01. The Bertz CT molecular complexity index is 738. The number of aromatic nitrogens is 1. The van der Waals surface area contributed by atoms with E-state index in [1.54, 1.807) is 13.0 Å². The monoisotopic (exact) mass is 360 g/mol. The van der Waals surface area contributed by atoms with E-state index < -0.39 is 34.7 Å². The van der Waals surface area contributed by atoms with Gasteiger partial charge in [-0.05, 0) is 40.5 Å². The minimum absolute atomic E-state index is 0.130. The third-order valence-electron chi connectivity index (χ3n) is 2.68. The number of halogens is 4. The van der Waals surface area contributed by atoms with Crippen molar-refractivity contribution in [3.8, 4) is 0 Å². The van der Waals surface area contributed by atoms with Crippen molar-refractivity contribution in [3.05, 3.63) is 51.4 Å². The summed E-state index contributed by atoms with van der Waals surface area (Å²) in [6, 6.07) is 2.06. The summed E-state index contributed by atoms with van der Waals surface area (Å²) in [4.78, 5) is 15.0. The summed E-state index contributed by atoms with van der Waals surface area (Å²) in [5.41, 5.74) is -0.848. The molecule has 0 aliphatic carbocycles. The molecule has 2 N–H and O–H groups in total. The Kier molecular flexibility index (Phi) is 4.17. The Balaban J connectivity index is 2.57. The summed E-state index contributed by atoms with van der Waals surface area (Å²) in [5.74, 6) is -6.40. The van der Waals surface area contributed by atoms with Gasteiger partial charge in [0.1, 0.15) is 5.82 Å². The highest BCUT2D eigenvalue weighted by molar-refractivity contribution is 9.10. The molecular formula is C13H8BrF3N2O2. The second kappa shape index (κ2) is 5.72. The molecule has 0 spiro atoms. The summed E-state index contributed by atoms with van der Waals surface area (Å²) in [5, 5.41) is 11.4.